The summed E-state index contributed by atoms with van der Waals surface area (Å²) in [5, 5.41) is 5.42. The molecule has 6 nitrogen and oxygen atoms in total. The molecule has 1 aliphatic rings. The van der Waals surface area contributed by atoms with E-state index in [9.17, 15) is 17.6 Å². The highest BCUT2D eigenvalue weighted by atomic mass is 35.5. The van der Waals surface area contributed by atoms with Crippen molar-refractivity contribution in [1.29, 1.82) is 0 Å². The van der Waals surface area contributed by atoms with Crippen LogP contribution in [-0.4, -0.2) is 42.7 Å². The van der Waals surface area contributed by atoms with Gasteiger partial charge in [-0.3, -0.25) is 4.79 Å². The number of carbonyl (C=O) groups excluding carboxylic acids is 1. The van der Waals surface area contributed by atoms with Crippen molar-refractivity contribution in [2.45, 2.75) is 37.1 Å². The van der Waals surface area contributed by atoms with E-state index in [1.807, 2.05) is 12.3 Å². The average Bonchev–Trinajstić information content (AvgIpc) is 3.26. The van der Waals surface area contributed by atoms with Crippen LogP contribution in [-0.2, 0) is 21.2 Å². The highest BCUT2D eigenvalue weighted by molar-refractivity contribution is 7.89. The number of nitrogens with zero attached hydrogens (tertiary/aromatic N) is 2. The van der Waals surface area contributed by atoms with Crippen LogP contribution < -0.4 is 5.32 Å². The van der Waals surface area contributed by atoms with Gasteiger partial charge in [-0.1, -0.05) is 11.6 Å². The van der Waals surface area contributed by atoms with Gasteiger partial charge < -0.3 is 5.32 Å². The highest BCUT2D eigenvalue weighted by Gasteiger charge is 2.39. The molecule has 1 amide bonds. The van der Waals surface area contributed by atoms with Crippen molar-refractivity contribution in [1.82, 2.24) is 14.6 Å². The molecule has 1 unspecified atom stereocenters. The van der Waals surface area contributed by atoms with Gasteiger partial charge in [0.15, 0.2) is 0 Å². The molecule has 1 aromatic carbocycles. The van der Waals surface area contributed by atoms with Crippen molar-refractivity contribution >= 4 is 38.9 Å². The van der Waals surface area contributed by atoms with Gasteiger partial charge >= 0.3 is 0 Å². The largest absolute Gasteiger partial charge is 0.354 e. The molecule has 0 radical (unpaired) electrons. The van der Waals surface area contributed by atoms with Gasteiger partial charge in [0, 0.05) is 24.9 Å². The van der Waals surface area contributed by atoms with Crippen LogP contribution in [0.2, 0.25) is 5.02 Å². The molecule has 1 saturated heterocycles. The van der Waals surface area contributed by atoms with Crippen molar-refractivity contribution in [2.24, 2.45) is 0 Å². The minimum atomic E-state index is -3.94. The third-order valence-corrected chi connectivity index (χ3v) is 7.37. The molecule has 0 spiro atoms. The normalized spacial score (nSPS) is 18.0. The Bertz CT molecular complexity index is 949. The molecular formula is C17H19ClFN3O3S2. The molecule has 0 aliphatic carbocycles. The molecule has 2 aromatic rings. The van der Waals surface area contributed by atoms with Gasteiger partial charge in [0.1, 0.15) is 11.9 Å². The lowest BCUT2D eigenvalue weighted by molar-refractivity contribution is -0.124. The Morgan fingerprint density at radius 3 is 2.93 bits per heavy atom. The third kappa shape index (κ3) is 4.48. The van der Waals surface area contributed by atoms with Crippen molar-refractivity contribution in [3.8, 4) is 0 Å². The first-order valence-electron chi connectivity index (χ1n) is 8.44. The second-order valence-electron chi connectivity index (χ2n) is 6.25. The summed E-state index contributed by atoms with van der Waals surface area (Å²) in [7, 11) is -3.94. The van der Waals surface area contributed by atoms with Crippen LogP contribution in [0.5, 0.6) is 0 Å². The number of thiazole rings is 1. The van der Waals surface area contributed by atoms with Crippen molar-refractivity contribution in [3.63, 3.8) is 0 Å². The summed E-state index contributed by atoms with van der Waals surface area (Å²) >= 11 is 7.25. The molecule has 0 saturated carbocycles. The van der Waals surface area contributed by atoms with E-state index in [-0.39, 0.29) is 22.4 Å². The summed E-state index contributed by atoms with van der Waals surface area (Å²) in [5.41, 5.74) is 0.898. The molecule has 1 fully saturated rings. The Labute approximate surface area is 166 Å². The van der Waals surface area contributed by atoms with Crippen molar-refractivity contribution in [3.05, 3.63) is 45.1 Å². The summed E-state index contributed by atoms with van der Waals surface area (Å²) in [5.74, 6) is -1.03. The first-order valence-corrected chi connectivity index (χ1v) is 11.1. The zero-order chi connectivity index (χ0) is 19.6. The van der Waals surface area contributed by atoms with Gasteiger partial charge in [0.2, 0.25) is 15.9 Å². The van der Waals surface area contributed by atoms with Gasteiger partial charge in [0.05, 0.1) is 20.6 Å². The van der Waals surface area contributed by atoms with Gasteiger partial charge in [-0.15, -0.1) is 11.3 Å². The van der Waals surface area contributed by atoms with E-state index in [0.717, 1.165) is 28.9 Å². The number of sulfonamides is 1. The summed E-state index contributed by atoms with van der Waals surface area (Å²) in [6.45, 7) is 2.53. The van der Waals surface area contributed by atoms with Crippen molar-refractivity contribution in [2.75, 3.05) is 13.1 Å². The molecule has 27 heavy (non-hydrogen) atoms. The Hall–Kier alpha value is -1.55. The van der Waals surface area contributed by atoms with Crippen LogP contribution in [0.1, 0.15) is 23.5 Å². The Morgan fingerprint density at radius 2 is 2.26 bits per heavy atom. The minimum Gasteiger partial charge on any atom is -0.354 e. The minimum absolute atomic E-state index is 0.119. The zero-order valence-corrected chi connectivity index (χ0v) is 17.0. The van der Waals surface area contributed by atoms with Crippen LogP contribution in [0.4, 0.5) is 4.39 Å². The van der Waals surface area contributed by atoms with Crippen LogP contribution in [0, 0.1) is 12.7 Å². The van der Waals surface area contributed by atoms with Crippen molar-refractivity contribution < 1.29 is 17.6 Å². The average molecular weight is 432 g/mol. The Morgan fingerprint density at radius 1 is 1.48 bits per heavy atom. The predicted molar refractivity (Wildman–Crippen MR) is 102 cm³/mol. The fraction of sp³-hybridized carbons (Fsp3) is 0.412. The maximum atomic E-state index is 13.3. The summed E-state index contributed by atoms with van der Waals surface area (Å²) in [4.78, 5) is 16.7. The lowest BCUT2D eigenvalue weighted by Crippen LogP contribution is -2.46. The highest BCUT2D eigenvalue weighted by Crippen LogP contribution is 2.28. The van der Waals surface area contributed by atoms with E-state index in [0.29, 0.717) is 25.8 Å². The number of hydrogen-bond acceptors (Lipinski definition) is 5. The van der Waals surface area contributed by atoms with E-state index in [2.05, 4.69) is 10.3 Å². The van der Waals surface area contributed by atoms with E-state index in [1.54, 1.807) is 11.3 Å². The SMILES string of the molecule is Cc1nc(CCNC(=O)C2CCCN2S(=O)(=O)c2ccc(F)c(Cl)c2)cs1. The number of halogens is 2. The van der Waals surface area contributed by atoms with Crippen LogP contribution in [0.3, 0.4) is 0 Å². The number of benzene rings is 1. The molecule has 0 bridgehead atoms. The van der Waals surface area contributed by atoms with Gasteiger partial charge in [-0.05, 0) is 38.0 Å². The number of rotatable bonds is 6. The smallest absolute Gasteiger partial charge is 0.243 e. The molecule has 2 heterocycles. The monoisotopic (exact) mass is 431 g/mol. The maximum Gasteiger partial charge on any atom is 0.243 e. The quantitative estimate of drug-likeness (QED) is 0.762. The molecule has 1 N–H and O–H groups in total. The molecule has 1 aromatic heterocycles. The van der Waals surface area contributed by atoms with E-state index >= 15 is 0 Å². The number of amides is 1. The summed E-state index contributed by atoms with van der Waals surface area (Å²) < 4.78 is 40.2. The predicted octanol–water partition coefficient (Wildman–Crippen LogP) is 2.76. The molecule has 3 rings (SSSR count). The fourth-order valence-electron chi connectivity index (χ4n) is 3.02. The third-order valence-electron chi connectivity index (χ3n) is 4.35. The van der Waals surface area contributed by atoms with Gasteiger partial charge in [0.25, 0.3) is 0 Å². The maximum absolute atomic E-state index is 13.3. The number of aryl methyl sites for hydroxylation is 1. The van der Waals surface area contributed by atoms with Crippen LogP contribution in [0.25, 0.3) is 0 Å². The molecular weight excluding hydrogens is 413 g/mol. The molecule has 146 valence electrons. The molecule has 10 heteroatoms. The number of hydrogen-bond donors (Lipinski definition) is 1. The number of carbonyl (C=O) groups is 1. The Balaban J connectivity index is 1.68. The lowest BCUT2D eigenvalue weighted by atomic mass is 10.2. The second kappa shape index (κ2) is 8.22. The number of nitrogens with one attached hydrogen (secondary N) is 1. The number of aromatic nitrogens is 1. The molecule has 1 aliphatic heterocycles. The van der Waals surface area contributed by atoms with Gasteiger partial charge in [-0.2, -0.15) is 4.31 Å². The van der Waals surface area contributed by atoms with E-state index in [4.69, 9.17) is 11.6 Å². The standard InChI is InChI=1S/C17H19ClFN3O3S2/c1-11-21-12(10-26-11)6-7-20-17(23)16-3-2-8-22(16)27(24,25)13-4-5-15(19)14(18)9-13/h4-5,9-10,16H,2-3,6-8H2,1H3,(H,20,23). The molecule has 1 atom stereocenters. The van der Waals surface area contributed by atoms with E-state index < -0.39 is 21.9 Å². The van der Waals surface area contributed by atoms with E-state index in [1.165, 1.54) is 4.31 Å². The van der Waals surface area contributed by atoms with Crippen LogP contribution >= 0.6 is 22.9 Å². The summed E-state index contributed by atoms with van der Waals surface area (Å²) in [6.07, 6.45) is 1.61. The Kier molecular flexibility index (Phi) is 6.15. The second-order valence-corrected chi connectivity index (χ2v) is 9.61. The van der Waals surface area contributed by atoms with Crippen LogP contribution in [0.15, 0.2) is 28.5 Å². The first-order chi connectivity index (χ1) is 12.8. The fourth-order valence-corrected chi connectivity index (χ4v) is 5.59. The zero-order valence-electron chi connectivity index (χ0n) is 14.6. The topological polar surface area (TPSA) is 79.4 Å². The first kappa shape index (κ1) is 20.2. The van der Waals surface area contributed by atoms with Gasteiger partial charge in [-0.25, -0.2) is 17.8 Å². The summed E-state index contributed by atoms with van der Waals surface area (Å²) in [6, 6.07) is 2.46. The lowest BCUT2D eigenvalue weighted by Gasteiger charge is -2.23.